The van der Waals surface area contributed by atoms with Gasteiger partial charge >= 0.3 is 0 Å². The van der Waals surface area contributed by atoms with Crippen LogP contribution in [0.1, 0.15) is 5.69 Å². The van der Waals surface area contributed by atoms with Gasteiger partial charge in [0.05, 0.1) is 16.9 Å². The first kappa shape index (κ1) is 19.2. The second kappa shape index (κ2) is 9.39. The van der Waals surface area contributed by atoms with E-state index in [9.17, 15) is 8.42 Å². The highest BCUT2D eigenvalue weighted by molar-refractivity contribution is 7.98. The molecular weight excluding hydrogens is 380 g/mol. The minimum absolute atomic E-state index is 0.138. The third-order valence-corrected chi connectivity index (χ3v) is 5.85. The van der Waals surface area contributed by atoms with Gasteiger partial charge in [-0.2, -0.15) is 11.8 Å². The van der Waals surface area contributed by atoms with Gasteiger partial charge in [0, 0.05) is 23.4 Å². The summed E-state index contributed by atoms with van der Waals surface area (Å²) in [6.45, 7) is 0.491. The fraction of sp³-hybridized carbons (Fsp3) is 0.214. The van der Waals surface area contributed by atoms with E-state index in [-0.39, 0.29) is 10.9 Å². The molecule has 0 aliphatic carbocycles. The number of aromatic nitrogens is 1. The fourth-order valence-corrected chi connectivity index (χ4v) is 4.11. The molecule has 0 saturated carbocycles. The molecule has 0 atom stereocenters. The number of nitrogens with two attached hydrogens (primary N) is 1. The Morgan fingerprint density at radius 1 is 1.40 bits per heavy atom. The first-order chi connectivity index (χ1) is 12.0. The van der Waals surface area contributed by atoms with Crippen molar-refractivity contribution in [3.05, 3.63) is 41.4 Å². The van der Waals surface area contributed by atoms with Crippen LogP contribution in [0.15, 0.2) is 45.6 Å². The van der Waals surface area contributed by atoms with E-state index in [1.165, 1.54) is 29.8 Å². The van der Waals surface area contributed by atoms with Crippen LogP contribution in [-0.4, -0.2) is 38.0 Å². The lowest BCUT2D eigenvalue weighted by Gasteiger charge is -2.02. The Hall–Kier alpha value is -2.11. The third-order valence-electron chi connectivity index (χ3n) is 2.76. The van der Waals surface area contributed by atoms with Crippen molar-refractivity contribution in [2.24, 2.45) is 10.7 Å². The summed E-state index contributed by atoms with van der Waals surface area (Å²) in [4.78, 5) is 8.54. The largest absolute Gasteiger partial charge is 0.370 e. The lowest BCUT2D eigenvalue weighted by Crippen LogP contribution is -2.22. The maximum absolute atomic E-state index is 11.9. The summed E-state index contributed by atoms with van der Waals surface area (Å²) in [7, 11) is -3.55. The van der Waals surface area contributed by atoms with Crippen molar-refractivity contribution < 1.29 is 8.42 Å². The van der Waals surface area contributed by atoms with E-state index in [1.807, 2.05) is 5.38 Å². The summed E-state index contributed by atoms with van der Waals surface area (Å²) < 4.78 is 26.2. The van der Waals surface area contributed by atoms with Gasteiger partial charge in [-0.25, -0.2) is 13.4 Å². The predicted octanol–water partition coefficient (Wildman–Crippen LogP) is 1.69. The smallest absolute Gasteiger partial charge is 0.262 e. The van der Waals surface area contributed by atoms with Crippen LogP contribution >= 0.6 is 23.1 Å². The molecule has 1 heterocycles. The molecule has 134 valence electrons. The van der Waals surface area contributed by atoms with Crippen molar-refractivity contribution in [3.63, 3.8) is 0 Å². The van der Waals surface area contributed by atoms with E-state index in [0.717, 1.165) is 11.4 Å². The highest BCUT2D eigenvalue weighted by Gasteiger charge is 2.10. The Morgan fingerprint density at radius 3 is 2.88 bits per heavy atom. The van der Waals surface area contributed by atoms with E-state index in [4.69, 9.17) is 11.1 Å². The minimum Gasteiger partial charge on any atom is -0.370 e. The molecule has 2 rings (SSSR count). The summed E-state index contributed by atoms with van der Waals surface area (Å²) in [5, 5.41) is 12.3. The summed E-state index contributed by atoms with van der Waals surface area (Å²) in [5.41, 5.74) is 6.13. The van der Waals surface area contributed by atoms with E-state index in [0.29, 0.717) is 17.4 Å². The standard InChI is InChI=1S/C14H18N6O2S3/c15-13(16)20-14-19-11(9-24-14)8-23-7-6-17-10-18-25(21,22)12-4-2-1-3-5-12/h1-5,9-10H,6-8H2,(H,17,18)(H4,15,16,19,20). The van der Waals surface area contributed by atoms with Gasteiger partial charge in [-0.3, -0.25) is 15.1 Å². The lowest BCUT2D eigenvalue weighted by atomic mass is 10.4. The topological polar surface area (TPSA) is 133 Å². The van der Waals surface area contributed by atoms with Crippen LogP contribution in [0.4, 0.5) is 5.13 Å². The number of hydrogen-bond donors (Lipinski definition) is 4. The molecule has 25 heavy (non-hydrogen) atoms. The molecule has 8 nitrogen and oxygen atoms in total. The van der Waals surface area contributed by atoms with Crippen LogP contribution in [0.25, 0.3) is 0 Å². The summed E-state index contributed by atoms with van der Waals surface area (Å²) >= 11 is 3.02. The van der Waals surface area contributed by atoms with Crippen molar-refractivity contribution in [1.82, 2.24) is 9.71 Å². The van der Waals surface area contributed by atoms with E-state index < -0.39 is 10.0 Å². The van der Waals surface area contributed by atoms with Crippen molar-refractivity contribution in [2.45, 2.75) is 10.6 Å². The molecule has 0 saturated heterocycles. The van der Waals surface area contributed by atoms with Gasteiger partial charge in [0.25, 0.3) is 10.0 Å². The number of nitrogens with zero attached hydrogens (tertiary/aromatic N) is 2. The second-order valence-corrected chi connectivity index (χ2v) is 8.38. The molecule has 0 spiro atoms. The SMILES string of the molecule is N=C(N)Nc1nc(CSCC/N=C/NS(=O)(=O)c2ccccc2)cs1. The number of anilines is 1. The Kier molecular flexibility index (Phi) is 7.22. The molecule has 0 amide bonds. The van der Waals surface area contributed by atoms with Crippen molar-refractivity contribution in [2.75, 3.05) is 17.6 Å². The first-order valence-electron chi connectivity index (χ1n) is 7.16. The molecule has 11 heteroatoms. The number of nitrogens with one attached hydrogen (secondary N) is 3. The Bertz CT molecular complexity index is 820. The number of hydrogen-bond acceptors (Lipinski definition) is 7. The maximum Gasteiger partial charge on any atom is 0.262 e. The van der Waals surface area contributed by atoms with Gasteiger partial charge in [0.15, 0.2) is 11.1 Å². The number of thioether (sulfide) groups is 1. The second-order valence-electron chi connectivity index (χ2n) is 4.70. The van der Waals surface area contributed by atoms with Crippen LogP contribution in [0.3, 0.4) is 0 Å². The minimum atomic E-state index is -3.55. The van der Waals surface area contributed by atoms with Gasteiger partial charge in [-0.15, -0.1) is 11.3 Å². The Labute approximate surface area is 154 Å². The number of aliphatic imine (C=N–C) groups is 1. The van der Waals surface area contributed by atoms with Crippen molar-refractivity contribution >= 4 is 50.6 Å². The molecule has 1 aromatic carbocycles. The summed E-state index contributed by atoms with van der Waals surface area (Å²) in [5.74, 6) is 1.30. The van der Waals surface area contributed by atoms with Crippen molar-refractivity contribution in [1.29, 1.82) is 5.41 Å². The third kappa shape index (κ3) is 6.72. The molecule has 0 aliphatic heterocycles. The predicted molar refractivity (Wildman–Crippen MR) is 104 cm³/mol. The normalized spacial score (nSPS) is 11.5. The van der Waals surface area contributed by atoms with Crippen LogP contribution in [-0.2, 0) is 15.8 Å². The molecule has 2 aromatic rings. The quantitative estimate of drug-likeness (QED) is 0.288. The summed E-state index contributed by atoms with van der Waals surface area (Å²) in [6, 6.07) is 8.13. The highest BCUT2D eigenvalue weighted by atomic mass is 32.2. The van der Waals surface area contributed by atoms with Gasteiger partial charge in [0.2, 0.25) is 0 Å². The maximum atomic E-state index is 11.9. The fourth-order valence-electron chi connectivity index (χ4n) is 1.68. The van der Waals surface area contributed by atoms with E-state index in [1.54, 1.807) is 30.0 Å². The molecule has 0 radical (unpaired) electrons. The molecule has 5 N–H and O–H groups in total. The molecule has 0 bridgehead atoms. The molecular formula is C14H18N6O2S3. The summed E-state index contributed by atoms with van der Waals surface area (Å²) in [6.07, 6.45) is 1.21. The van der Waals surface area contributed by atoms with E-state index >= 15 is 0 Å². The first-order valence-corrected chi connectivity index (χ1v) is 10.7. The number of thiazole rings is 1. The zero-order valence-corrected chi connectivity index (χ0v) is 15.6. The van der Waals surface area contributed by atoms with E-state index in [2.05, 4.69) is 20.0 Å². The zero-order valence-electron chi connectivity index (χ0n) is 13.2. The molecule has 0 aliphatic rings. The van der Waals surface area contributed by atoms with Crippen LogP contribution < -0.4 is 15.8 Å². The average molecular weight is 399 g/mol. The monoisotopic (exact) mass is 398 g/mol. The molecule has 0 fully saturated rings. The van der Waals surface area contributed by atoms with Gasteiger partial charge in [-0.1, -0.05) is 18.2 Å². The van der Waals surface area contributed by atoms with Crippen LogP contribution in [0.5, 0.6) is 0 Å². The zero-order chi connectivity index (χ0) is 18.1. The molecule has 0 unspecified atom stereocenters. The highest BCUT2D eigenvalue weighted by Crippen LogP contribution is 2.19. The Morgan fingerprint density at radius 2 is 2.16 bits per heavy atom. The number of sulfonamides is 1. The Balaban J connectivity index is 1.67. The van der Waals surface area contributed by atoms with Gasteiger partial charge in [-0.05, 0) is 12.1 Å². The van der Waals surface area contributed by atoms with Gasteiger partial charge < -0.3 is 11.1 Å². The van der Waals surface area contributed by atoms with Gasteiger partial charge in [0.1, 0.15) is 0 Å². The molecule has 1 aromatic heterocycles. The number of guanidine groups is 1. The number of rotatable bonds is 9. The van der Waals surface area contributed by atoms with Crippen LogP contribution in [0.2, 0.25) is 0 Å². The van der Waals surface area contributed by atoms with Crippen LogP contribution in [0, 0.1) is 5.41 Å². The number of benzene rings is 1. The lowest BCUT2D eigenvalue weighted by molar-refractivity contribution is 0.593. The average Bonchev–Trinajstić information content (AvgIpc) is 3.01. The van der Waals surface area contributed by atoms with Crippen molar-refractivity contribution in [3.8, 4) is 0 Å².